The molecule has 4 unspecified atom stereocenters. The van der Waals surface area contributed by atoms with Crippen LogP contribution in [0, 0.1) is 29.1 Å². The number of hydrogen-bond donors (Lipinski definition) is 0. The van der Waals surface area contributed by atoms with Crippen molar-refractivity contribution in [3.8, 4) is 0 Å². The van der Waals surface area contributed by atoms with E-state index in [0.717, 1.165) is 23.7 Å². The monoisotopic (exact) mass is 204 g/mol. The van der Waals surface area contributed by atoms with E-state index in [1.807, 2.05) is 0 Å². The number of rotatable bonds is 4. The van der Waals surface area contributed by atoms with Gasteiger partial charge in [0, 0.05) is 0 Å². The summed E-state index contributed by atoms with van der Waals surface area (Å²) < 4.78 is 0. The Hall–Kier alpha value is -0.520. The maximum Gasteiger partial charge on any atom is -0.0175 e. The highest BCUT2D eigenvalue weighted by molar-refractivity contribution is 5.11. The molecule has 0 heteroatoms. The molecule has 0 aromatic carbocycles. The molecule has 0 radical (unpaired) electrons. The van der Waals surface area contributed by atoms with Gasteiger partial charge >= 0.3 is 0 Å². The summed E-state index contributed by atoms with van der Waals surface area (Å²) >= 11 is 0. The fraction of sp³-hybridized carbons (Fsp3) is 0.733. The summed E-state index contributed by atoms with van der Waals surface area (Å²) in [6.45, 7) is 11.0. The average molecular weight is 204 g/mol. The predicted molar refractivity (Wildman–Crippen MR) is 66.6 cm³/mol. The second kappa shape index (κ2) is 3.81. The van der Waals surface area contributed by atoms with Gasteiger partial charge in [-0.1, -0.05) is 39.0 Å². The van der Waals surface area contributed by atoms with Crippen molar-refractivity contribution in [2.24, 2.45) is 29.1 Å². The van der Waals surface area contributed by atoms with Crippen molar-refractivity contribution in [2.45, 2.75) is 40.0 Å². The van der Waals surface area contributed by atoms with Gasteiger partial charge in [-0.3, -0.25) is 0 Å². The minimum absolute atomic E-state index is 0.310. The van der Waals surface area contributed by atoms with E-state index in [0.29, 0.717) is 5.41 Å². The van der Waals surface area contributed by atoms with Gasteiger partial charge in [0.25, 0.3) is 0 Å². The summed E-state index contributed by atoms with van der Waals surface area (Å²) in [5.41, 5.74) is 0.310. The quantitative estimate of drug-likeness (QED) is 0.594. The van der Waals surface area contributed by atoms with Crippen LogP contribution in [0.2, 0.25) is 0 Å². The summed E-state index contributed by atoms with van der Waals surface area (Å²) in [5, 5.41) is 0. The molecule has 0 amide bonds. The zero-order valence-corrected chi connectivity index (χ0v) is 10.4. The molecule has 0 N–H and O–H groups in total. The highest BCUT2D eigenvalue weighted by Gasteiger charge is 2.39. The summed E-state index contributed by atoms with van der Waals surface area (Å²) in [6, 6.07) is 0. The van der Waals surface area contributed by atoms with Gasteiger partial charge in [0.1, 0.15) is 0 Å². The third-order valence-electron chi connectivity index (χ3n) is 4.46. The smallest absolute Gasteiger partial charge is 0.0175 e. The molecule has 15 heavy (non-hydrogen) atoms. The molecule has 0 nitrogen and oxygen atoms in total. The largest absolute Gasteiger partial charge is 0.103 e. The van der Waals surface area contributed by atoms with Crippen molar-refractivity contribution >= 4 is 0 Å². The first-order valence-corrected chi connectivity index (χ1v) is 6.34. The van der Waals surface area contributed by atoms with Crippen molar-refractivity contribution < 1.29 is 0 Å². The molecule has 4 atom stereocenters. The molecule has 0 aliphatic heterocycles. The molecule has 0 aromatic heterocycles. The molecular weight excluding hydrogens is 180 g/mol. The minimum Gasteiger partial charge on any atom is -0.103 e. The average Bonchev–Trinajstić information content (AvgIpc) is 2.78. The summed E-state index contributed by atoms with van der Waals surface area (Å²) in [4.78, 5) is 0. The second-order valence-electron chi connectivity index (χ2n) is 6.32. The van der Waals surface area contributed by atoms with Crippen LogP contribution in [0.15, 0.2) is 24.8 Å². The van der Waals surface area contributed by atoms with Crippen LogP contribution < -0.4 is 0 Å². The lowest BCUT2D eigenvalue weighted by atomic mass is 9.74. The fourth-order valence-electron chi connectivity index (χ4n) is 3.54. The number of fused-ring (bicyclic) bond motifs is 2. The van der Waals surface area contributed by atoms with Crippen LogP contribution in [0.1, 0.15) is 40.0 Å². The van der Waals surface area contributed by atoms with Gasteiger partial charge in [0.15, 0.2) is 0 Å². The Bertz CT molecular complexity index is 272. The third kappa shape index (κ3) is 2.19. The zero-order valence-electron chi connectivity index (χ0n) is 10.4. The van der Waals surface area contributed by atoms with Crippen LogP contribution in [0.4, 0.5) is 0 Å². The van der Waals surface area contributed by atoms with E-state index < -0.39 is 0 Å². The first kappa shape index (κ1) is 11.0. The number of hydrogen-bond acceptors (Lipinski definition) is 0. The van der Waals surface area contributed by atoms with Crippen LogP contribution in [0.3, 0.4) is 0 Å². The third-order valence-corrected chi connectivity index (χ3v) is 4.46. The molecule has 1 saturated carbocycles. The van der Waals surface area contributed by atoms with Gasteiger partial charge in [0.05, 0.1) is 0 Å². The lowest BCUT2D eigenvalue weighted by molar-refractivity contribution is 0.234. The van der Waals surface area contributed by atoms with Crippen LogP contribution in [-0.2, 0) is 0 Å². The molecule has 1 fully saturated rings. The maximum absolute atomic E-state index is 3.95. The SMILES string of the molecule is C=CC(C)(C)CC(C)C1CC2C=CC1C2. The Labute approximate surface area is 94.5 Å². The topological polar surface area (TPSA) is 0 Å². The van der Waals surface area contributed by atoms with Gasteiger partial charge in [0.2, 0.25) is 0 Å². The molecule has 2 aliphatic rings. The second-order valence-corrected chi connectivity index (χ2v) is 6.32. The lowest BCUT2D eigenvalue weighted by Gasteiger charge is -2.31. The summed E-state index contributed by atoms with van der Waals surface area (Å²) in [7, 11) is 0. The Morgan fingerprint density at radius 1 is 1.40 bits per heavy atom. The Morgan fingerprint density at radius 2 is 2.13 bits per heavy atom. The highest BCUT2D eigenvalue weighted by Crippen LogP contribution is 2.48. The van der Waals surface area contributed by atoms with Gasteiger partial charge in [-0.15, -0.1) is 6.58 Å². The molecular formula is C15H24. The molecule has 0 aromatic rings. The zero-order chi connectivity index (χ0) is 11.1. The van der Waals surface area contributed by atoms with Gasteiger partial charge in [-0.25, -0.2) is 0 Å². The van der Waals surface area contributed by atoms with Crippen molar-refractivity contribution in [1.29, 1.82) is 0 Å². The maximum atomic E-state index is 3.95. The van der Waals surface area contributed by atoms with Crippen LogP contribution in [0.25, 0.3) is 0 Å². The van der Waals surface area contributed by atoms with Crippen LogP contribution in [0.5, 0.6) is 0 Å². The van der Waals surface area contributed by atoms with Gasteiger partial charge in [-0.05, 0) is 48.3 Å². The van der Waals surface area contributed by atoms with Gasteiger partial charge in [-0.2, -0.15) is 0 Å². The fourth-order valence-corrected chi connectivity index (χ4v) is 3.54. The van der Waals surface area contributed by atoms with E-state index in [-0.39, 0.29) is 0 Å². The van der Waals surface area contributed by atoms with Crippen molar-refractivity contribution in [2.75, 3.05) is 0 Å². The van der Waals surface area contributed by atoms with Crippen LogP contribution in [-0.4, -0.2) is 0 Å². The van der Waals surface area contributed by atoms with E-state index >= 15 is 0 Å². The van der Waals surface area contributed by atoms with E-state index in [4.69, 9.17) is 0 Å². The normalized spacial score (nSPS) is 35.8. The highest BCUT2D eigenvalue weighted by atomic mass is 14.4. The molecule has 2 aliphatic carbocycles. The van der Waals surface area contributed by atoms with Crippen molar-refractivity contribution in [3.05, 3.63) is 24.8 Å². The van der Waals surface area contributed by atoms with E-state index in [2.05, 4.69) is 45.6 Å². The standard InChI is InChI=1S/C15H24/c1-5-15(3,4)10-11(2)14-9-12-6-7-13(14)8-12/h5-7,11-14H,1,8-10H2,2-4H3. The Morgan fingerprint density at radius 3 is 2.60 bits per heavy atom. The molecule has 2 rings (SSSR count). The Balaban J connectivity index is 1.95. The molecule has 2 bridgehead atoms. The first-order valence-electron chi connectivity index (χ1n) is 6.34. The molecule has 0 spiro atoms. The van der Waals surface area contributed by atoms with Crippen molar-refractivity contribution in [1.82, 2.24) is 0 Å². The summed E-state index contributed by atoms with van der Waals surface area (Å²) in [5.74, 6) is 3.59. The van der Waals surface area contributed by atoms with E-state index in [1.54, 1.807) is 0 Å². The molecule has 0 saturated heterocycles. The van der Waals surface area contributed by atoms with E-state index in [1.165, 1.54) is 19.3 Å². The Kier molecular flexibility index (Phi) is 2.79. The molecule has 84 valence electrons. The van der Waals surface area contributed by atoms with Gasteiger partial charge < -0.3 is 0 Å². The lowest BCUT2D eigenvalue weighted by Crippen LogP contribution is -2.22. The van der Waals surface area contributed by atoms with E-state index in [9.17, 15) is 0 Å². The number of allylic oxidation sites excluding steroid dienone is 3. The van der Waals surface area contributed by atoms with Crippen LogP contribution >= 0.6 is 0 Å². The van der Waals surface area contributed by atoms with Crippen molar-refractivity contribution in [3.63, 3.8) is 0 Å². The predicted octanol–water partition coefficient (Wildman–Crippen LogP) is 4.44. The minimum atomic E-state index is 0.310. The first-order chi connectivity index (χ1) is 7.02. The summed E-state index contributed by atoms with van der Waals surface area (Å²) in [6.07, 6.45) is 11.2. The molecule has 0 heterocycles.